The van der Waals surface area contributed by atoms with Crippen molar-refractivity contribution in [2.45, 2.75) is 52.1 Å². The van der Waals surface area contributed by atoms with Gasteiger partial charge in [-0.1, -0.05) is 13.8 Å². The van der Waals surface area contributed by atoms with Crippen molar-refractivity contribution < 1.29 is 14.3 Å². The monoisotopic (exact) mass is 224 g/mol. The molecule has 1 aromatic heterocycles. The Kier molecular flexibility index (Phi) is 3.92. The highest BCUT2D eigenvalue weighted by molar-refractivity contribution is 5.75. The Hall–Kier alpha value is -1.09. The molecule has 0 saturated carbocycles. The maximum Gasteiger partial charge on any atom is 0.129 e. The number of hydrogen-bond acceptors (Lipinski definition) is 3. The Balaban J connectivity index is 2.72. The van der Waals surface area contributed by atoms with Crippen LogP contribution in [0.25, 0.3) is 0 Å². The van der Waals surface area contributed by atoms with Crippen molar-refractivity contribution in [2.24, 2.45) is 0 Å². The quantitative estimate of drug-likeness (QED) is 0.836. The minimum Gasteiger partial charge on any atom is -0.466 e. The second-order valence-corrected chi connectivity index (χ2v) is 4.89. The zero-order valence-electron chi connectivity index (χ0n) is 10.4. The van der Waals surface area contributed by atoms with Crippen LogP contribution in [0.5, 0.6) is 0 Å². The number of rotatable bonds is 5. The normalized spacial score (nSPS) is 13.8. The van der Waals surface area contributed by atoms with Gasteiger partial charge in [0, 0.05) is 11.8 Å². The van der Waals surface area contributed by atoms with E-state index >= 15 is 0 Å². The first-order chi connectivity index (χ1) is 7.34. The van der Waals surface area contributed by atoms with Crippen molar-refractivity contribution in [3.63, 3.8) is 0 Å². The van der Waals surface area contributed by atoms with Crippen molar-refractivity contribution in [2.75, 3.05) is 0 Å². The van der Waals surface area contributed by atoms with Gasteiger partial charge in [0.15, 0.2) is 0 Å². The van der Waals surface area contributed by atoms with E-state index in [0.29, 0.717) is 12.8 Å². The molecule has 0 spiro atoms. The molecule has 3 heteroatoms. The fourth-order valence-electron chi connectivity index (χ4n) is 1.65. The first-order valence-corrected chi connectivity index (χ1v) is 5.58. The molecule has 3 nitrogen and oxygen atoms in total. The lowest BCUT2D eigenvalue weighted by Crippen LogP contribution is -2.33. The molecule has 1 aromatic rings. The molecule has 1 atom stereocenters. The summed E-state index contributed by atoms with van der Waals surface area (Å²) in [6.45, 7) is 7.27. The number of furan rings is 1. The van der Waals surface area contributed by atoms with Crippen LogP contribution in [-0.2, 0) is 10.2 Å². The number of aliphatic hydroxyl groups is 1. The molecule has 1 N–H and O–H groups in total. The summed E-state index contributed by atoms with van der Waals surface area (Å²) in [5.41, 5.74) is -0.455. The first kappa shape index (κ1) is 13.0. The molecule has 0 amide bonds. The number of carbonyl (C=O) groups is 1. The third-order valence-corrected chi connectivity index (χ3v) is 2.98. The zero-order chi connectivity index (χ0) is 12.3. The van der Waals surface area contributed by atoms with Crippen LogP contribution in [0.15, 0.2) is 16.5 Å². The Morgan fingerprint density at radius 3 is 2.56 bits per heavy atom. The van der Waals surface area contributed by atoms with Gasteiger partial charge in [-0.3, -0.25) is 0 Å². The highest BCUT2D eigenvalue weighted by Crippen LogP contribution is 2.30. The molecule has 0 aromatic carbocycles. The Labute approximate surface area is 96.5 Å². The van der Waals surface area contributed by atoms with E-state index in [4.69, 9.17) is 4.42 Å². The molecule has 0 bridgehead atoms. The van der Waals surface area contributed by atoms with Gasteiger partial charge < -0.3 is 14.3 Å². The van der Waals surface area contributed by atoms with E-state index in [9.17, 15) is 9.90 Å². The Morgan fingerprint density at radius 1 is 1.50 bits per heavy atom. The summed E-state index contributed by atoms with van der Waals surface area (Å²) in [5, 5.41) is 10.1. The molecular weight excluding hydrogens is 204 g/mol. The summed E-state index contributed by atoms with van der Waals surface area (Å²) in [7, 11) is 0. The summed E-state index contributed by atoms with van der Waals surface area (Å²) < 4.78 is 5.53. The van der Waals surface area contributed by atoms with E-state index in [1.54, 1.807) is 0 Å². The SMILES string of the molecule is CC(=O)CCC(O)C(C)(C)c1ccc(C)o1. The number of hydrogen-bond donors (Lipinski definition) is 1. The fourth-order valence-corrected chi connectivity index (χ4v) is 1.65. The van der Waals surface area contributed by atoms with E-state index in [1.807, 2.05) is 32.9 Å². The van der Waals surface area contributed by atoms with Crippen molar-refractivity contribution >= 4 is 5.78 Å². The molecule has 90 valence electrons. The van der Waals surface area contributed by atoms with Gasteiger partial charge in [0.1, 0.15) is 17.3 Å². The topological polar surface area (TPSA) is 50.4 Å². The predicted molar refractivity (Wildman–Crippen MR) is 62.4 cm³/mol. The number of aliphatic hydroxyl groups excluding tert-OH is 1. The van der Waals surface area contributed by atoms with Crippen molar-refractivity contribution in [1.29, 1.82) is 0 Å². The predicted octanol–water partition coefficient (Wildman–Crippen LogP) is 2.60. The van der Waals surface area contributed by atoms with Gasteiger partial charge in [-0.2, -0.15) is 0 Å². The van der Waals surface area contributed by atoms with Crippen LogP contribution in [-0.4, -0.2) is 17.0 Å². The van der Waals surface area contributed by atoms with E-state index < -0.39 is 11.5 Å². The minimum absolute atomic E-state index is 0.102. The van der Waals surface area contributed by atoms with Gasteiger partial charge in [0.25, 0.3) is 0 Å². The number of carbonyl (C=O) groups excluding carboxylic acids is 1. The summed E-state index contributed by atoms with van der Waals surface area (Å²) >= 11 is 0. The van der Waals surface area contributed by atoms with Gasteiger partial charge in [-0.05, 0) is 32.4 Å². The number of Topliss-reactive ketones (excluding diaryl/α,β-unsaturated/α-hetero) is 1. The number of aryl methyl sites for hydroxylation is 1. The molecule has 1 heterocycles. The molecule has 16 heavy (non-hydrogen) atoms. The third-order valence-electron chi connectivity index (χ3n) is 2.98. The van der Waals surface area contributed by atoms with Crippen molar-refractivity contribution in [3.05, 3.63) is 23.7 Å². The Bertz CT molecular complexity index is 363. The summed E-state index contributed by atoms with van der Waals surface area (Å²) in [6.07, 6.45) is 0.314. The minimum atomic E-state index is -0.568. The molecule has 1 rings (SSSR count). The smallest absolute Gasteiger partial charge is 0.129 e. The highest BCUT2D eigenvalue weighted by Gasteiger charge is 2.32. The van der Waals surface area contributed by atoms with Gasteiger partial charge in [-0.15, -0.1) is 0 Å². The van der Waals surface area contributed by atoms with Crippen LogP contribution in [0.3, 0.4) is 0 Å². The molecule has 1 unspecified atom stereocenters. The van der Waals surface area contributed by atoms with Gasteiger partial charge in [0.2, 0.25) is 0 Å². The van der Waals surface area contributed by atoms with Crippen LogP contribution in [0.2, 0.25) is 0 Å². The number of ketones is 1. The molecule has 0 fully saturated rings. The van der Waals surface area contributed by atoms with Gasteiger partial charge in [-0.25, -0.2) is 0 Å². The lowest BCUT2D eigenvalue weighted by atomic mass is 9.81. The second kappa shape index (κ2) is 4.83. The van der Waals surface area contributed by atoms with Crippen LogP contribution in [0.1, 0.15) is 45.1 Å². The molecule has 0 aliphatic carbocycles. The van der Waals surface area contributed by atoms with Gasteiger partial charge >= 0.3 is 0 Å². The van der Waals surface area contributed by atoms with Crippen LogP contribution < -0.4 is 0 Å². The van der Waals surface area contributed by atoms with Gasteiger partial charge in [0.05, 0.1) is 6.10 Å². The highest BCUT2D eigenvalue weighted by atomic mass is 16.3. The van der Waals surface area contributed by atoms with E-state index in [0.717, 1.165) is 11.5 Å². The van der Waals surface area contributed by atoms with Crippen LogP contribution in [0.4, 0.5) is 0 Å². The maximum atomic E-state index is 10.9. The summed E-state index contributed by atoms with van der Waals surface area (Å²) in [5.74, 6) is 1.70. The third kappa shape index (κ3) is 2.95. The average molecular weight is 224 g/mol. The van der Waals surface area contributed by atoms with E-state index in [-0.39, 0.29) is 5.78 Å². The molecule has 0 radical (unpaired) electrons. The summed E-state index contributed by atoms with van der Waals surface area (Å²) in [6, 6.07) is 3.76. The first-order valence-electron chi connectivity index (χ1n) is 5.58. The van der Waals surface area contributed by atoms with Crippen LogP contribution >= 0.6 is 0 Å². The fraction of sp³-hybridized carbons (Fsp3) is 0.615. The summed E-state index contributed by atoms with van der Waals surface area (Å²) in [4.78, 5) is 10.9. The lowest BCUT2D eigenvalue weighted by Gasteiger charge is -2.28. The second-order valence-electron chi connectivity index (χ2n) is 4.89. The molecular formula is C13H20O3. The van der Waals surface area contributed by atoms with Crippen molar-refractivity contribution in [1.82, 2.24) is 0 Å². The standard InChI is InChI=1S/C13H20O3/c1-9(14)5-7-11(15)13(3,4)12-8-6-10(2)16-12/h6,8,11,15H,5,7H2,1-4H3. The molecule has 0 saturated heterocycles. The molecule has 0 aliphatic rings. The average Bonchev–Trinajstić information content (AvgIpc) is 2.61. The largest absolute Gasteiger partial charge is 0.466 e. The lowest BCUT2D eigenvalue weighted by molar-refractivity contribution is -0.117. The van der Waals surface area contributed by atoms with E-state index in [1.165, 1.54) is 6.92 Å². The maximum absolute atomic E-state index is 10.9. The van der Waals surface area contributed by atoms with E-state index in [2.05, 4.69) is 0 Å². The van der Waals surface area contributed by atoms with Crippen LogP contribution in [0, 0.1) is 6.92 Å². The molecule has 0 aliphatic heterocycles. The Morgan fingerprint density at radius 2 is 2.12 bits per heavy atom. The zero-order valence-corrected chi connectivity index (χ0v) is 10.4. The van der Waals surface area contributed by atoms with Crippen molar-refractivity contribution in [3.8, 4) is 0 Å².